The van der Waals surface area contributed by atoms with Crippen LogP contribution in [0.15, 0.2) is 30.8 Å². The summed E-state index contributed by atoms with van der Waals surface area (Å²) >= 11 is 0. The van der Waals surface area contributed by atoms with E-state index in [1.807, 2.05) is 39.0 Å². The van der Waals surface area contributed by atoms with Crippen molar-refractivity contribution in [2.45, 2.75) is 45.6 Å². The van der Waals surface area contributed by atoms with Gasteiger partial charge in [0.15, 0.2) is 0 Å². The molecule has 98 valence electrons. The summed E-state index contributed by atoms with van der Waals surface area (Å²) in [6.07, 6.45) is 4.02. The van der Waals surface area contributed by atoms with Crippen molar-refractivity contribution in [3.8, 4) is 0 Å². The second-order valence-electron chi connectivity index (χ2n) is 5.39. The molecule has 1 aromatic carbocycles. The second kappa shape index (κ2) is 6.39. The van der Waals surface area contributed by atoms with Crippen LogP contribution in [-0.2, 0) is 16.0 Å². The van der Waals surface area contributed by atoms with Gasteiger partial charge in [-0.15, -0.1) is 0 Å². The third kappa shape index (κ3) is 5.67. The van der Waals surface area contributed by atoms with Crippen LogP contribution < -0.4 is 0 Å². The average Bonchev–Trinajstić information content (AvgIpc) is 2.27. The van der Waals surface area contributed by atoms with E-state index in [-0.39, 0.29) is 11.6 Å². The standard InChI is InChI=1S/C16H22O2/c1-5-13-9-11-14(12-10-13)7-6-8-15(17)18-16(2,3)4/h5,9-12H,1,6-8H2,2-4H3. The maximum absolute atomic E-state index is 11.5. The van der Waals surface area contributed by atoms with E-state index in [2.05, 4.69) is 18.7 Å². The predicted molar refractivity (Wildman–Crippen MR) is 75.3 cm³/mol. The Kier molecular flexibility index (Phi) is 5.14. The Morgan fingerprint density at radius 1 is 1.28 bits per heavy atom. The normalized spacial score (nSPS) is 11.1. The Morgan fingerprint density at radius 3 is 2.39 bits per heavy atom. The zero-order valence-electron chi connectivity index (χ0n) is 11.5. The van der Waals surface area contributed by atoms with Gasteiger partial charge in [-0.25, -0.2) is 0 Å². The summed E-state index contributed by atoms with van der Waals surface area (Å²) in [7, 11) is 0. The molecule has 0 amide bonds. The molecule has 0 bridgehead atoms. The number of hydrogen-bond donors (Lipinski definition) is 0. The first-order valence-corrected chi connectivity index (χ1v) is 6.34. The third-order valence-electron chi connectivity index (χ3n) is 2.48. The summed E-state index contributed by atoms with van der Waals surface area (Å²) in [5, 5.41) is 0. The minimum absolute atomic E-state index is 0.120. The molecule has 0 heterocycles. The lowest BCUT2D eigenvalue weighted by atomic mass is 10.1. The van der Waals surface area contributed by atoms with Crippen LogP contribution in [-0.4, -0.2) is 11.6 Å². The molecule has 0 aliphatic rings. The predicted octanol–water partition coefficient (Wildman–Crippen LogP) is 3.99. The molecular weight excluding hydrogens is 224 g/mol. The monoisotopic (exact) mass is 246 g/mol. The Labute approximate surface area is 110 Å². The molecule has 2 heteroatoms. The quantitative estimate of drug-likeness (QED) is 0.734. The molecule has 0 saturated heterocycles. The van der Waals surface area contributed by atoms with Gasteiger partial charge in [0, 0.05) is 6.42 Å². The summed E-state index contributed by atoms with van der Waals surface area (Å²) < 4.78 is 5.26. The highest BCUT2D eigenvalue weighted by atomic mass is 16.6. The molecule has 0 N–H and O–H groups in total. The van der Waals surface area contributed by atoms with Crippen molar-refractivity contribution in [3.63, 3.8) is 0 Å². The molecule has 1 rings (SSSR count). The minimum Gasteiger partial charge on any atom is -0.460 e. The Balaban J connectivity index is 2.33. The first-order chi connectivity index (χ1) is 8.40. The van der Waals surface area contributed by atoms with Crippen LogP contribution in [0.2, 0.25) is 0 Å². The van der Waals surface area contributed by atoms with Crippen LogP contribution >= 0.6 is 0 Å². The van der Waals surface area contributed by atoms with Crippen LogP contribution in [0, 0.1) is 0 Å². The summed E-state index contributed by atoms with van der Waals surface area (Å²) in [5.41, 5.74) is 1.97. The lowest BCUT2D eigenvalue weighted by Gasteiger charge is -2.19. The zero-order chi connectivity index (χ0) is 13.6. The minimum atomic E-state index is -0.386. The molecule has 0 saturated carbocycles. The van der Waals surface area contributed by atoms with E-state index in [1.54, 1.807) is 0 Å². The summed E-state index contributed by atoms with van der Waals surface area (Å²) in [6, 6.07) is 8.23. The smallest absolute Gasteiger partial charge is 0.306 e. The Hall–Kier alpha value is -1.57. The van der Waals surface area contributed by atoms with E-state index in [4.69, 9.17) is 4.74 Å². The molecular formula is C16H22O2. The van der Waals surface area contributed by atoms with Crippen molar-refractivity contribution in [2.24, 2.45) is 0 Å². The van der Waals surface area contributed by atoms with Gasteiger partial charge >= 0.3 is 5.97 Å². The van der Waals surface area contributed by atoms with Crippen LogP contribution in [0.5, 0.6) is 0 Å². The largest absolute Gasteiger partial charge is 0.460 e. The van der Waals surface area contributed by atoms with Gasteiger partial charge in [0.05, 0.1) is 0 Å². The SMILES string of the molecule is C=Cc1ccc(CCCC(=O)OC(C)(C)C)cc1. The zero-order valence-corrected chi connectivity index (χ0v) is 11.5. The van der Waals surface area contributed by atoms with Crippen LogP contribution in [0.1, 0.15) is 44.7 Å². The molecule has 0 fully saturated rings. The molecule has 0 radical (unpaired) electrons. The molecule has 18 heavy (non-hydrogen) atoms. The lowest BCUT2D eigenvalue weighted by molar-refractivity contribution is -0.154. The first kappa shape index (κ1) is 14.5. The third-order valence-corrected chi connectivity index (χ3v) is 2.48. The second-order valence-corrected chi connectivity index (χ2v) is 5.39. The fourth-order valence-corrected chi connectivity index (χ4v) is 1.65. The van der Waals surface area contributed by atoms with Gasteiger partial charge in [-0.3, -0.25) is 4.79 Å². The van der Waals surface area contributed by atoms with Gasteiger partial charge in [0.2, 0.25) is 0 Å². The highest BCUT2D eigenvalue weighted by Crippen LogP contribution is 2.12. The van der Waals surface area contributed by atoms with Crippen LogP contribution in [0.3, 0.4) is 0 Å². The van der Waals surface area contributed by atoms with Gasteiger partial charge < -0.3 is 4.74 Å². The molecule has 0 aliphatic carbocycles. The number of ether oxygens (including phenoxy) is 1. The fourth-order valence-electron chi connectivity index (χ4n) is 1.65. The number of esters is 1. The number of hydrogen-bond acceptors (Lipinski definition) is 2. The molecule has 2 nitrogen and oxygen atoms in total. The summed E-state index contributed by atoms with van der Waals surface area (Å²) in [4.78, 5) is 11.5. The van der Waals surface area contributed by atoms with E-state index in [1.165, 1.54) is 5.56 Å². The molecule has 0 aliphatic heterocycles. The molecule has 0 unspecified atom stereocenters. The lowest BCUT2D eigenvalue weighted by Crippen LogP contribution is -2.23. The molecule has 1 aromatic rings. The van der Waals surface area contributed by atoms with E-state index in [9.17, 15) is 4.79 Å². The highest BCUT2D eigenvalue weighted by Gasteiger charge is 2.15. The van der Waals surface area contributed by atoms with E-state index in [0.29, 0.717) is 6.42 Å². The number of carbonyl (C=O) groups is 1. The van der Waals surface area contributed by atoms with Crippen molar-refractivity contribution in [1.29, 1.82) is 0 Å². The maximum Gasteiger partial charge on any atom is 0.306 e. The number of benzene rings is 1. The fraction of sp³-hybridized carbons (Fsp3) is 0.438. The van der Waals surface area contributed by atoms with E-state index < -0.39 is 0 Å². The molecule has 0 aromatic heterocycles. The van der Waals surface area contributed by atoms with Gasteiger partial charge in [-0.2, -0.15) is 0 Å². The van der Waals surface area contributed by atoms with Gasteiger partial charge in [-0.05, 0) is 44.7 Å². The number of aryl methyl sites for hydroxylation is 1. The van der Waals surface area contributed by atoms with Crippen molar-refractivity contribution in [1.82, 2.24) is 0 Å². The summed E-state index contributed by atoms with van der Waals surface area (Å²) in [5.74, 6) is -0.120. The van der Waals surface area contributed by atoms with Crippen molar-refractivity contribution >= 4 is 12.0 Å². The van der Waals surface area contributed by atoms with Gasteiger partial charge in [0.25, 0.3) is 0 Å². The van der Waals surface area contributed by atoms with Gasteiger partial charge in [-0.1, -0.05) is 36.9 Å². The Bertz CT molecular complexity index is 396. The topological polar surface area (TPSA) is 26.3 Å². The van der Waals surface area contributed by atoms with E-state index in [0.717, 1.165) is 18.4 Å². The maximum atomic E-state index is 11.5. The van der Waals surface area contributed by atoms with Gasteiger partial charge in [0.1, 0.15) is 5.60 Å². The van der Waals surface area contributed by atoms with Crippen LogP contribution in [0.25, 0.3) is 6.08 Å². The Morgan fingerprint density at radius 2 is 1.89 bits per heavy atom. The number of rotatable bonds is 5. The van der Waals surface area contributed by atoms with Crippen molar-refractivity contribution in [2.75, 3.05) is 0 Å². The average molecular weight is 246 g/mol. The van der Waals surface area contributed by atoms with Crippen molar-refractivity contribution in [3.05, 3.63) is 42.0 Å². The summed E-state index contributed by atoms with van der Waals surface area (Å²) in [6.45, 7) is 9.38. The highest BCUT2D eigenvalue weighted by molar-refractivity contribution is 5.69. The van der Waals surface area contributed by atoms with E-state index >= 15 is 0 Å². The number of carbonyl (C=O) groups excluding carboxylic acids is 1. The van der Waals surface area contributed by atoms with Crippen LogP contribution in [0.4, 0.5) is 0 Å². The van der Waals surface area contributed by atoms with Crippen molar-refractivity contribution < 1.29 is 9.53 Å². The molecule has 0 atom stereocenters. The molecule has 0 spiro atoms. The first-order valence-electron chi connectivity index (χ1n) is 6.34.